The first-order valence-corrected chi connectivity index (χ1v) is 6.80. The van der Waals surface area contributed by atoms with Gasteiger partial charge in [0.1, 0.15) is 12.4 Å². The summed E-state index contributed by atoms with van der Waals surface area (Å²) >= 11 is 0. The molecule has 2 aliphatic heterocycles. The van der Waals surface area contributed by atoms with Crippen LogP contribution in [0.1, 0.15) is 38.8 Å². The maximum Gasteiger partial charge on any atom is 0.159 e. The van der Waals surface area contributed by atoms with E-state index in [1.54, 1.807) is 0 Å². The number of hydrogen-bond acceptors (Lipinski definition) is 4. The van der Waals surface area contributed by atoms with Gasteiger partial charge in [-0.2, -0.15) is 0 Å². The van der Waals surface area contributed by atoms with Gasteiger partial charge in [-0.05, 0) is 26.2 Å². The molecule has 0 aromatic carbocycles. The zero-order valence-corrected chi connectivity index (χ0v) is 11.5. The predicted octanol–water partition coefficient (Wildman–Crippen LogP) is 1.43. The van der Waals surface area contributed by atoms with E-state index in [0.717, 1.165) is 43.8 Å². The molecule has 0 amide bonds. The lowest BCUT2D eigenvalue weighted by molar-refractivity contribution is 0.0784. The normalized spacial score (nSPS) is 27.4. The Balaban J connectivity index is 1.79. The van der Waals surface area contributed by atoms with Crippen molar-refractivity contribution < 1.29 is 4.74 Å². The van der Waals surface area contributed by atoms with Crippen LogP contribution in [0.3, 0.4) is 0 Å². The largest absolute Gasteiger partial charge is 0.372 e. The van der Waals surface area contributed by atoms with Gasteiger partial charge in [0.25, 0.3) is 0 Å². The monoisotopic (exact) mass is 250 g/mol. The van der Waals surface area contributed by atoms with E-state index in [1.165, 1.54) is 6.42 Å². The van der Waals surface area contributed by atoms with Gasteiger partial charge in [-0.3, -0.25) is 4.90 Å². The minimum atomic E-state index is 0.275. The van der Waals surface area contributed by atoms with Crippen molar-refractivity contribution in [2.75, 3.05) is 13.2 Å². The van der Waals surface area contributed by atoms with Crippen LogP contribution in [0.15, 0.2) is 0 Å². The van der Waals surface area contributed by atoms with Gasteiger partial charge in [0.05, 0.1) is 13.2 Å². The second-order valence-electron chi connectivity index (χ2n) is 6.24. The lowest BCUT2D eigenvalue weighted by Gasteiger charge is -2.31. The molecule has 3 rings (SSSR count). The summed E-state index contributed by atoms with van der Waals surface area (Å²) in [6, 6.07) is 0. The first kappa shape index (κ1) is 12.1. The fraction of sp³-hybridized carbons (Fsp3) is 0.846. The van der Waals surface area contributed by atoms with Crippen LogP contribution < -0.4 is 0 Å². The summed E-state index contributed by atoms with van der Waals surface area (Å²) in [4.78, 5) is 2.53. The van der Waals surface area contributed by atoms with E-state index in [1.807, 2.05) is 0 Å². The number of ether oxygens (including phenoxy) is 1. The Morgan fingerprint density at radius 1 is 1.39 bits per heavy atom. The molecule has 0 saturated carbocycles. The lowest BCUT2D eigenvalue weighted by atomic mass is 9.98. The average Bonchev–Trinajstić information content (AvgIpc) is 2.82. The van der Waals surface area contributed by atoms with Gasteiger partial charge >= 0.3 is 0 Å². The molecule has 0 bridgehead atoms. The van der Waals surface area contributed by atoms with Gasteiger partial charge in [0.15, 0.2) is 5.82 Å². The van der Waals surface area contributed by atoms with Crippen LogP contribution in [0.2, 0.25) is 0 Å². The summed E-state index contributed by atoms with van der Waals surface area (Å²) < 4.78 is 7.63. The molecule has 18 heavy (non-hydrogen) atoms. The van der Waals surface area contributed by atoms with E-state index in [4.69, 9.17) is 4.74 Å². The fourth-order valence-electron chi connectivity index (χ4n) is 3.29. The molecule has 1 unspecified atom stereocenters. The molecule has 1 atom stereocenters. The number of nitrogens with zero attached hydrogens (tertiary/aromatic N) is 4. The van der Waals surface area contributed by atoms with E-state index in [-0.39, 0.29) is 5.54 Å². The molecule has 0 radical (unpaired) electrons. The molecule has 0 aliphatic carbocycles. The number of hydrogen-bond donors (Lipinski definition) is 0. The molecule has 0 N–H and O–H groups in total. The number of fused-ring (bicyclic) bond motifs is 1. The molecule has 1 saturated heterocycles. The van der Waals surface area contributed by atoms with Gasteiger partial charge in [0.2, 0.25) is 0 Å². The van der Waals surface area contributed by atoms with E-state index in [9.17, 15) is 0 Å². The Kier molecular flexibility index (Phi) is 2.90. The van der Waals surface area contributed by atoms with Gasteiger partial charge in [0, 0.05) is 18.6 Å². The van der Waals surface area contributed by atoms with Crippen molar-refractivity contribution in [2.45, 2.75) is 52.4 Å². The summed E-state index contributed by atoms with van der Waals surface area (Å²) in [6.45, 7) is 11.3. The zero-order valence-electron chi connectivity index (χ0n) is 11.5. The summed E-state index contributed by atoms with van der Waals surface area (Å²) in [5.41, 5.74) is 0.275. The Hall–Kier alpha value is -0.940. The quantitative estimate of drug-likeness (QED) is 0.796. The second kappa shape index (κ2) is 4.31. The molecular weight excluding hydrogens is 228 g/mol. The minimum Gasteiger partial charge on any atom is -0.372 e. The molecule has 1 aromatic rings. The lowest BCUT2D eigenvalue weighted by Crippen LogP contribution is -2.38. The first-order valence-electron chi connectivity index (χ1n) is 6.80. The SMILES string of the molecule is CC1CN(Cc2nnc3n2CCOC3)C(C)(C)C1. The summed E-state index contributed by atoms with van der Waals surface area (Å²) in [7, 11) is 0. The second-order valence-corrected chi connectivity index (χ2v) is 6.24. The summed E-state index contributed by atoms with van der Waals surface area (Å²) in [5, 5.41) is 8.57. The average molecular weight is 250 g/mol. The Bertz CT molecular complexity index is 440. The molecule has 3 heterocycles. The number of likely N-dealkylation sites (tertiary alicyclic amines) is 1. The molecule has 0 spiro atoms. The zero-order chi connectivity index (χ0) is 12.8. The van der Waals surface area contributed by atoms with Crippen molar-refractivity contribution >= 4 is 0 Å². The summed E-state index contributed by atoms with van der Waals surface area (Å²) in [5.74, 6) is 2.84. The highest BCUT2D eigenvalue weighted by Gasteiger charge is 2.37. The van der Waals surface area contributed by atoms with E-state index in [0.29, 0.717) is 6.61 Å². The molecule has 5 heteroatoms. The van der Waals surface area contributed by atoms with Crippen molar-refractivity contribution in [1.82, 2.24) is 19.7 Å². The maximum absolute atomic E-state index is 5.40. The highest BCUT2D eigenvalue weighted by molar-refractivity contribution is 5.00. The Morgan fingerprint density at radius 3 is 2.94 bits per heavy atom. The predicted molar refractivity (Wildman–Crippen MR) is 67.9 cm³/mol. The molecule has 2 aliphatic rings. The first-order chi connectivity index (χ1) is 8.56. The van der Waals surface area contributed by atoms with Crippen molar-refractivity contribution in [3.05, 3.63) is 11.6 Å². The standard InChI is InChI=1S/C13H22N4O/c1-10-6-13(2,3)16(7-10)8-11-14-15-12-9-18-5-4-17(11)12/h10H,4-9H2,1-3H3. The van der Waals surface area contributed by atoms with Gasteiger partial charge in [-0.25, -0.2) is 0 Å². The molecule has 1 fully saturated rings. The van der Waals surface area contributed by atoms with Crippen molar-refractivity contribution in [2.24, 2.45) is 5.92 Å². The Labute approximate surface area is 108 Å². The van der Waals surface area contributed by atoms with Crippen molar-refractivity contribution in [3.63, 3.8) is 0 Å². The van der Waals surface area contributed by atoms with Crippen LogP contribution in [0, 0.1) is 5.92 Å². The highest BCUT2D eigenvalue weighted by Crippen LogP contribution is 2.33. The molecule has 1 aromatic heterocycles. The number of aromatic nitrogens is 3. The van der Waals surface area contributed by atoms with Crippen molar-refractivity contribution in [3.8, 4) is 0 Å². The van der Waals surface area contributed by atoms with Gasteiger partial charge < -0.3 is 9.30 Å². The molecule has 100 valence electrons. The van der Waals surface area contributed by atoms with Crippen LogP contribution >= 0.6 is 0 Å². The van der Waals surface area contributed by atoms with Crippen LogP contribution in [-0.4, -0.2) is 38.4 Å². The minimum absolute atomic E-state index is 0.275. The third-order valence-corrected chi connectivity index (χ3v) is 4.16. The van der Waals surface area contributed by atoms with E-state index in [2.05, 4.69) is 40.4 Å². The van der Waals surface area contributed by atoms with Gasteiger partial charge in [-0.15, -0.1) is 10.2 Å². The highest BCUT2D eigenvalue weighted by atomic mass is 16.5. The fourth-order valence-corrected chi connectivity index (χ4v) is 3.29. The third kappa shape index (κ3) is 2.06. The van der Waals surface area contributed by atoms with Crippen LogP contribution in [0.5, 0.6) is 0 Å². The summed E-state index contributed by atoms with van der Waals surface area (Å²) in [6.07, 6.45) is 1.26. The van der Waals surface area contributed by atoms with Crippen LogP contribution in [-0.2, 0) is 24.4 Å². The molecule has 5 nitrogen and oxygen atoms in total. The Morgan fingerprint density at radius 2 is 2.22 bits per heavy atom. The van der Waals surface area contributed by atoms with Gasteiger partial charge in [-0.1, -0.05) is 6.92 Å². The van der Waals surface area contributed by atoms with E-state index < -0.39 is 0 Å². The van der Waals surface area contributed by atoms with E-state index >= 15 is 0 Å². The maximum atomic E-state index is 5.40. The van der Waals surface area contributed by atoms with Crippen molar-refractivity contribution in [1.29, 1.82) is 0 Å². The third-order valence-electron chi connectivity index (χ3n) is 4.16. The topological polar surface area (TPSA) is 43.2 Å². The van der Waals surface area contributed by atoms with Crippen LogP contribution in [0.25, 0.3) is 0 Å². The number of rotatable bonds is 2. The van der Waals surface area contributed by atoms with Crippen LogP contribution in [0.4, 0.5) is 0 Å². The molecular formula is C13H22N4O. The smallest absolute Gasteiger partial charge is 0.159 e.